The molecule has 6 heteroatoms. The molecule has 1 aromatic carbocycles. The van der Waals surface area contributed by atoms with Crippen molar-refractivity contribution < 1.29 is 9.59 Å². The summed E-state index contributed by atoms with van der Waals surface area (Å²) in [6, 6.07) is 11.8. The zero-order valence-corrected chi connectivity index (χ0v) is 16.2. The van der Waals surface area contributed by atoms with Gasteiger partial charge < -0.3 is 15.1 Å². The highest BCUT2D eigenvalue weighted by molar-refractivity contribution is 7.12. The molecule has 2 saturated heterocycles. The van der Waals surface area contributed by atoms with Gasteiger partial charge in [-0.3, -0.25) is 9.59 Å². The second-order valence-corrected chi connectivity index (χ2v) is 8.27. The zero-order chi connectivity index (χ0) is 18.6. The lowest BCUT2D eigenvalue weighted by Crippen LogP contribution is -2.50. The van der Waals surface area contributed by atoms with Gasteiger partial charge in [0.15, 0.2) is 0 Å². The second-order valence-electron chi connectivity index (χ2n) is 7.33. The highest BCUT2D eigenvalue weighted by atomic mass is 32.1. The van der Waals surface area contributed by atoms with Crippen LogP contribution >= 0.6 is 11.3 Å². The van der Waals surface area contributed by atoms with E-state index in [0.717, 1.165) is 30.0 Å². The summed E-state index contributed by atoms with van der Waals surface area (Å²) in [5.41, 5.74) is 2.00. The third-order valence-electron chi connectivity index (χ3n) is 5.45. The number of thiophene rings is 1. The van der Waals surface area contributed by atoms with Crippen molar-refractivity contribution in [1.82, 2.24) is 15.1 Å². The maximum atomic E-state index is 12.9. The average Bonchev–Trinajstić information content (AvgIpc) is 3.41. The lowest BCUT2D eigenvalue weighted by atomic mass is 9.97. The third kappa shape index (κ3) is 4.22. The van der Waals surface area contributed by atoms with E-state index in [1.165, 1.54) is 23.3 Å². The highest BCUT2D eigenvalue weighted by Gasteiger charge is 2.26. The topological polar surface area (TPSA) is 52.7 Å². The van der Waals surface area contributed by atoms with Gasteiger partial charge in [-0.25, -0.2) is 0 Å². The van der Waals surface area contributed by atoms with Crippen LogP contribution in [0.4, 0.5) is 0 Å². The van der Waals surface area contributed by atoms with Gasteiger partial charge in [-0.1, -0.05) is 18.2 Å². The molecule has 3 heterocycles. The fourth-order valence-corrected chi connectivity index (χ4v) is 4.60. The quantitative estimate of drug-likeness (QED) is 0.883. The van der Waals surface area contributed by atoms with E-state index in [1.54, 1.807) is 0 Å². The fourth-order valence-electron chi connectivity index (χ4n) is 3.90. The van der Waals surface area contributed by atoms with Gasteiger partial charge in [0, 0.05) is 31.7 Å². The van der Waals surface area contributed by atoms with Gasteiger partial charge in [0.1, 0.15) is 0 Å². The summed E-state index contributed by atoms with van der Waals surface area (Å²) in [6.45, 7) is 4.53. The Labute approximate surface area is 164 Å². The predicted molar refractivity (Wildman–Crippen MR) is 107 cm³/mol. The first kappa shape index (κ1) is 18.2. The van der Waals surface area contributed by atoms with Gasteiger partial charge in [0.05, 0.1) is 4.88 Å². The molecule has 2 fully saturated rings. The molecule has 0 aliphatic carbocycles. The minimum Gasteiger partial charge on any atom is -0.335 e. The molecule has 0 radical (unpaired) electrons. The number of carbonyl (C=O) groups excluding carboxylic acids is 2. The number of nitrogens with one attached hydrogen (secondary N) is 1. The first-order chi connectivity index (χ1) is 13.2. The van der Waals surface area contributed by atoms with Crippen molar-refractivity contribution in [3.05, 3.63) is 57.8 Å². The molecular weight excluding hydrogens is 358 g/mol. The van der Waals surface area contributed by atoms with Crippen molar-refractivity contribution in [2.45, 2.75) is 12.8 Å². The Morgan fingerprint density at radius 3 is 2.48 bits per heavy atom. The average molecular weight is 384 g/mol. The molecule has 2 aliphatic rings. The number of piperazine rings is 1. The Morgan fingerprint density at radius 1 is 1.04 bits per heavy atom. The Hall–Kier alpha value is -2.18. The largest absolute Gasteiger partial charge is 0.335 e. The molecule has 142 valence electrons. The van der Waals surface area contributed by atoms with Crippen LogP contribution in [-0.4, -0.2) is 60.9 Å². The van der Waals surface area contributed by atoms with Crippen molar-refractivity contribution in [1.29, 1.82) is 0 Å². The Morgan fingerprint density at radius 2 is 1.81 bits per heavy atom. The van der Waals surface area contributed by atoms with Crippen LogP contribution in [0.15, 0.2) is 41.8 Å². The number of hydrogen-bond donors (Lipinski definition) is 1. The smallest absolute Gasteiger partial charge is 0.264 e. The number of nitrogens with zero attached hydrogens (tertiary/aromatic N) is 2. The SMILES string of the molecule is O=C(c1cccc(CC2CCNC2)c1)N1CCN(C(=O)c2cccs2)CC1. The molecule has 2 amide bonds. The van der Waals surface area contributed by atoms with E-state index in [1.807, 2.05) is 45.5 Å². The first-order valence-corrected chi connectivity index (χ1v) is 10.5. The fraction of sp³-hybridized carbons (Fsp3) is 0.429. The summed E-state index contributed by atoms with van der Waals surface area (Å²) in [4.78, 5) is 29.8. The molecule has 2 aliphatic heterocycles. The molecule has 2 aromatic rings. The van der Waals surface area contributed by atoms with Crippen LogP contribution in [0.1, 0.15) is 32.0 Å². The van der Waals surface area contributed by atoms with Crippen LogP contribution in [0.5, 0.6) is 0 Å². The van der Waals surface area contributed by atoms with Crippen LogP contribution in [0.2, 0.25) is 0 Å². The summed E-state index contributed by atoms with van der Waals surface area (Å²) in [7, 11) is 0. The van der Waals surface area contributed by atoms with E-state index in [2.05, 4.69) is 11.4 Å². The number of carbonyl (C=O) groups is 2. The molecule has 1 unspecified atom stereocenters. The van der Waals surface area contributed by atoms with E-state index in [-0.39, 0.29) is 11.8 Å². The summed E-state index contributed by atoms with van der Waals surface area (Å²) < 4.78 is 0. The lowest BCUT2D eigenvalue weighted by Gasteiger charge is -2.34. The van der Waals surface area contributed by atoms with Gasteiger partial charge in [-0.15, -0.1) is 11.3 Å². The van der Waals surface area contributed by atoms with Crippen molar-refractivity contribution in [3.8, 4) is 0 Å². The molecule has 1 aromatic heterocycles. The molecule has 0 bridgehead atoms. The Kier molecular flexibility index (Phi) is 5.55. The molecule has 0 saturated carbocycles. The number of rotatable bonds is 4. The van der Waals surface area contributed by atoms with Crippen LogP contribution in [0.3, 0.4) is 0 Å². The summed E-state index contributed by atoms with van der Waals surface area (Å²) >= 11 is 1.47. The van der Waals surface area contributed by atoms with E-state index in [0.29, 0.717) is 32.1 Å². The predicted octanol–water partition coefficient (Wildman–Crippen LogP) is 2.50. The van der Waals surface area contributed by atoms with Crippen molar-refractivity contribution in [2.75, 3.05) is 39.3 Å². The minimum absolute atomic E-state index is 0.0734. The van der Waals surface area contributed by atoms with E-state index in [9.17, 15) is 9.59 Å². The summed E-state index contributed by atoms with van der Waals surface area (Å²) in [6.07, 6.45) is 2.23. The standard InChI is InChI=1S/C21H25N3O2S/c25-20(18-4-1-3-16(14-18)13-17-6-7-22-15-17)23-8-10-24(11-9-23)21(26)19-5-2-12-27-19/h1-5,12,14,17,22H,6-11,13,15H2. The lowest BCUT2D eigenvalue weighted by molar-refractivity contribution is 0.0538. The highest BCUT2D eigenvalue weighted by Crippen LogP contribution is 2.18. The Bertz CT molecular complexity index is 792. The molecule has 0 spiro atoms. The van der Waals surface area contributed by atoms with Gasteiger partial charge in [0.25, 0.3) is 11.8 Å². The molecule has 1 atom stereocenters. The van der Waals surface area contributed by atoms with Crippen LogP contribution in [0, 0.1) is 5.92 Å². The van der Waals surface area contributed by atoms with Crippen molar-refractivity contribution in [2.24, 2.45) is 5.92 Å². The summed E-state index contributed by atoms with van der Waals surface area (Å²) in [5, 5.41) is 5.32. The third-order valence-corrected chi connectivity index (χ3v) is 6.30. The van der Waals surface area contributed by atoms with Gasteiger partial charge in [0.2, 0.25) is 0 Å². The molecule has 27 heavy (non-hydrogen) atoms. The molecule has 4 rings (SSSR count). The number of amides is 2. The van der Waals surface area contributed by atoms with Gasteiger partial charge in [-0.05, 0) is 61.0 Å². The van der Waals surface area contributed by atoms with Crippen LogP contribution in [0.25, 0.3) is 0 Å². The van der Waals surface area contributed by atoms with E-state index < -0.39 is 0 Å². The first-order valence-electron chi connectivity index (χ1n) is 9.62. The maximum absolute atomic E-state index is 12.9. The normalized spacial score (nSPS) is 20.1. The van der Waals surface area contributed by atoms with Gasteiger partial charge in [-0.2, -0.15) is 0 Å². The summed E-state index contributed by atoms with van der Waals surface area (Å²) in [5.74, 6) is 0.816. The van der Waals surface area contributed by atoms with E-state index >= 15 is 0 Å². The van der Waals surface area contributed by atoms with Crippen LogP contribution < -0.4 is 5.32 Å². The molecular formula is C21H25N3O2S. The zero-order valence-electron chi connectivity index (χ0n) is 15.4. The number of hydrogen-bond acceptors (Lipinski definition) is 4. The van der Waals surface area contributed by atoms with Crippen molar-refractivity contribution >= 4 is 23.2 Å². The molecule has 1 N–H and O–H groups in total. The molecule has 5 nitrogen and oxygen atoms in total. The van der Waals surface area contributed by atoms with E-state index in [4.69, 9.17) is 0 Å². The van der Waals surface area contributed by atoms with Crippen molar-refractivity contribution in [3.63, 3.8) is 0 Å². The number of benzene rings is 1. The minimum atomic E-state index is 0.0734. The Balaban J connectivity index is 1.35. The van der Waals surface area contributed by atoms with Crippen LogP contribution in [-0.2, 0) is 6.42 Å². The second kappa shape index (κ2) is 8.23. The van der Waals surface area contributed by atoms with Gasteiger partial charge >= 0.3 is 0 Å². The maximum Gasteiger partial charge on any atom is 0.264 e. The monoisotopic (exact) mass is 383 g/mol.